The van der Waals surface area contributed by atoms with Gasteiger partial charge in [-0.2, -0.15) is 0 Å². The van der Waals surface area contributed by atoms with Gasteiger partial charge in [-0.25, -0.2) is 4.98 Å². The topological polar surface area (TPSA) is 54.9 Å². The Kier molecular flexibility index (Phi) is 3.56. The van der Waals surface area contributed by atoms with Crippen LogP contribution in [0.2, 0.25) is 10.2 Å². The lowest BCUT2D eigenvalue weighted by Crippen LogP contribution is -2.13. The van der Waals surface area contributed by atoms with Crippen LogP contribution in [0.25, 0.3) is 0 Å². The molecule has 17 heavy (non-hydrogen) atoms. The van der Waals surface area contributed by atoms with E-state index in [2.05, 4.69) is 15.3 Å². The standard InChI is InChI=1S/C11H7Cl2N3O/c12-7-5-9(10(13)15-6-7)16-11(17)8-3-1-2-4-14-8/h1-6H,(H,16,17). The van der Waals surface area contributed by atoms with Crippen LogP contribution >= 0.6 is 23.2 Å². The fourth-order valence-corrected chi connectivity index (χ4v) is 1.50. The van der Waals surface area contributed by atoms with Gasteiger partial charge in [0, 0.05) is 12.4 Å². The van der Waals surface area contributed by atoms with E-state index in [1.54, 1.807) is 18.2 Å². The van der Waals surface area contributed by atoms with Gasteiger partial charge >= 0.3 is 0 Å². The number of carbonyl (C=O) groups excluding carboxylic acids is 1. The molecule has 4 nitrogen and oxygen atoms in total. The third-order valence-corrected chi connectivity index (χ3v) is 2.46. The summed E-state index contributed by atoms with van der Waals surface area (Å²) in [6.45, 7) is 0. The van der Waals surface area contributed by atoms with Crippen LogP contribution in [0.4, 0.5) is 5.69 Å². The lowest BCUT2D eigenvalue weighted by molar-refractivity contribution is 0.102. The smallest absolute Gasteiger partial charge is 0.274 e. The van der Waals surface area contributed by atoms with E-state index in [-0.39, 0.29) is 11.1 Å². The molecule has 0 aliphatic heterocycles. The molecule has 2 heterocycles. The summed E-state index contributed by atoms with van der Waals surface area (Å²) in [7, 11) is 0. The summed E-state index contributed by atoms with van der Waals surface area (Å²) in [5, 5.41) is 3.16. The molecule has 0 aliphatic carbocycles. The molecule has 6 heteroatoms. The molecule has 2 rings (SSSR count). The fraction of sp³-hybridized carbons (Fsp3) is 0. The third-order valence-electron chi connectivity index (χ3n) is 1.95. The van der Waals surface area contributed by atoms with E-state index in [1.165, 1.54) is 18.5 Å². The maximum Gasteiger partial charge on any atom is 0.274 e. The van der Waals surface area contributed by atoms with Crippen LogP contribution in [0.3, 0.4) is 0 Å². The molecule has 2 aromatic rings. The van der Waals surface area contributed by atoms with Crippen molar-refractivity contribution in [2.45, 2.75) is 0 Å². The van der Waals surface area contributed by atoms with Crippen molar-refractivity contribution in [3.05, 3.63) is 52.5 Å². The lowest BCUT2D eigenvalue weighted by atomic mass is 10.3. The van der Waals surface area contributed by atoms with Crippen LogP contribution in [0.15, 0.2) is 36.7 Å². The molecular formula is C11H7Cl2N3O. The minimum Gasteiger partial charge on any atom is -0.318 e. The van der Waals surface area contributed by atoms with E-state index in [0.717, 1.165) is 0 Å². The summed E-state index contributed by atoms with van der Waals surface area (Å²) < 4.78 is 0. The molecule has 0 aliphatic rings. The summed E-state index contributed by atoms with van der Waals surface area (Å²) in [4.78, 5) is 19.5. The normalized spacial score (nSPS) is 10.0. The van der Waals surface area contributed by atoms with Crippen molar-refractivity contribution in [2.75, 3.05) is 5.32 Å². The van der Waals surface area contributed by atoms with Gasteiger partial charge in [-0.1, -0.05) is 29.3 Å². The first-order chi connectivity index (χ1) is 8.16. The van der Waals surface area contributed by atoms with E-state index in [9.17, 15) is 4.79 Å². The van der Waals surface area contributed by atoms with E-state index in [1.807, 2.05) is 0 Å². The monoisotopic (exact) mass is 267 g/mol. The number of carbonyl (C=O) groups is 1. The van der Waals surface area contributed by atoms with Crippen LogP contribution in [0.5, 0.6) is 0 Å². The number of pyridine rings is 2. The molecule has 0 aromatic carbocycles. The first kappa shape index (κ1) is 11.8. The average Bonchev–Trinajstić information content (AvgIpc) is 2.35. The number of hydrogen-bond acceptors (Lipinski definition) is 3. The van der Waals surface area contributed by atoms with Gasteiger partial charge < -0.3 is 5.32 Å². The van der Waals surface area contributed by atoms with Crippen LogP contribution in [-0.4, -0.2) is 15.9 Å². The predicted octanol–water partition coefficient (Wildman–Crippen LogP) is 3.04. The van der Waals surface area contributed by atoms with E-state index >= 15 is 0 Å². The van der Waals surface area contributed by atoms with Crippen LogP contribution in [0.1, 0.15) is 10.5 Å². The van der Waals surface area contributed by atoms with Gasteiger partial charge in [0.2, 0.25) is 0 Å². The number of aromatic nitrogens is 2. The number of halogens is 2. The van der Waals surface area contributed by atoms with E-state index < -0.39 is 0 Å². The summed E-state index contributed by atoms with van der Waals surface area (Å²) >= 11 is 11.6. The molecule has 1 amide bonds. The molecule has 2 aromatic heterocycles. The average molecular weight is 268 g/mol. The van der Waals surface area contributed by atoms with Gasteiger partial charge in [0.15, 0.2) is 5.15 Å². The van der Waals surface area contributed by atoms with Crippen LogP contribution in [0, 0.1) is 0 Å². The van der Waals surface area contributed by atoms with Gasteiger partial charge in [0.1, 0.15) is 5.69 Å². The number of nitrogens with zero attached hydrogens (tertiary/aromatic N) is 2. The van der Waals surface area contributed by atoms with Crippen molar-refractivity contribution in [1.29, 1.82) is 0 Å². The first-order valence-corrected chi connectivity index (χ1v) is 5.46. The summed E-state index contributed by atoms with van der Waals surface area (Å²) in [6.07, 6.45) is 2.94. The highest BCUT2D eigenvalue weighted by Gasteiger charge is 2.10. The molecule has 86 valence electrons. The van der Waals surface area contributed by atoms with Gasteiger partial charge in [-0.15, -0.1) is 0 Å². The quantitative estimate of drug-likeness (QED) is 0.851. The SMILES string of the molecule is O=C(Nc1cc(Cl)cnc1Cl)c1ccccn1. The zero-order chi connectivity index (χ0) is 12.3. The lowest BCUT2D eigenvalue weighted by Gasteiger charge is -2.06. The zero-order valence-corrected chi connectivity index (χ0v) is 10.0. The van der Waals surface area contributed by atoms with Crippen LogP contribution in [-0.2, 0) is 0 Å². The zero-order valence-electron chi connectivity index (χ0n) is 8.52. The van der Waals surface area contributed by atoms with E-state index in [0.29, 0.717) is 16.4 Å². The predicted molar refractivity (Wildman–Crippen MR) is 66.4 cm³/mol. The first-order valence-electron chi connectivity index (χ1n) is 4.70. The maximum absolute atomic E-state index is 11.8. The Morgan fingerprint density at radius 1 is 1.24 bits per heavy atom. The van der Waals surface area contributed by atoms with Crippen molar-refractivity contribution in [1.82, 2.24) is 9.97 Å². The van der Waals surface area contributed by atoms with Crippen molar-refractivity contribution in [2.24, 2.45) is 0 Å². The van der Waals surface area contributed by atoms with Gasteiger partial charge in [-0.05, 0) is 18.2 Å². The summed E-state index contributed by atoms with van der Waals surface area (Å²) in [6, 6.07) is 6.57. The maximum atomic E-state index is 11.8. The Labute approximate surface area is 108 Å². The molecule has 0 unspecified atom stereocenters. The largest absolute Gasteiger partial charge is 0.318 e. The molecule has 0 bridgehead atoms. The molecule has 0 spiro atoms. The Morgan fingerprint density at radius 3 is 2.76 bits per heavy atom. The van der Waals surface area contributed by atoms with E-state index in [4.69, 9.17) is 23.2 Å². The number of hydrogen-bond donors (Lipinski definition) is 1. The Hall–Kier alpha value is -1.65. The minimum absolute atomic E-state index is 0.179. The molecule has 0 radical (unpaired) electrons. The third kappa shape index (κ3) is 2.93. The Morgan fingerprint density at radius 2 is 2.06 bits per heavy atom. The fourth-order valence-electron chi connectivity index (χ4n) is 1.19. The highest BCUT2D eigenvalue weighted by Crippen LogP contribution is 2.22. The second-order valence-electron chi connectivity index (χ2n) is 3.16. The molecule has 0 saturated heterocycles. The van der Waals surface area contributed by atoms with Crippen molar-refractivity contribution in [3.8, 4) is 0 Å². The highest BCUT2D eigenvalue weighted by atomic mass is 35.5. The second-order valence-corrected chi connectivity index (χ2v) is 3.96. The molecule has 0 fully saturated rings. The van der Waals surface area contributed by atoms with Gasteiger partial charge in [-0.3, -0.25) is 9.78 Å². The minimum atomic E-state index is -0.364. The number of rotatable bonds is 2. The Bertz CT molecular complexity index is 546. The Balaban J connectivity index is 2.22. The number of anilines is 1. The van der Waals surface area contributed by atoms with Gasteiger partial charge in [0.25, 0.3) is 5.91 Å². The molecular weight excluding hydrogens is 261 g/mol. The number of amides is 1. The molecule has 0 saturated carbocycles. The van der Waals surface area contributed by atoms with Crippen molar-refractivity contribution < 1.29 is 4.79 Å². The summed E-state index contributed by atoms with van der Waals surface area (Å²) in [5.74, 6) is -0.364. The van der Waals surface area contributed by atoms with Gasteiger partial charge in [0.05, 0.1) is 10.7 Å². The highest BCUT2D eigenvalue weighted by molar-refractivity contribution is 6.34. The molecule has 1 N–H and O–H groups in total. The second kappa shape index (κ2) is 5.12. The number of nitrogens with one attached hydrogen (secondary N) is 1. The van der Waals surface area contributed by atoms with Crippen molar-refractivity contribution >= 4 is 34.8 Å². The van der Waals surface area contributed by atoms with Crippen molar-refractivity contribution in [3.63, 3.8) is 0 Å². The summed E-state index contributed by atoms with van der Waals surface area (Å²) in [5.41, 5.74) is 0.651. The molecule has 0 atom stereocenters. The van der Waals surface area contributed by atoms with Crippen LogP contribution < -0.4 is 5.32 Å².